The first kappa shape index (κ1) is 16.3. The lowest BCUT2D eigenvalue weighted by atomic mass is 10.4. The Kier molecular flexibility index (Phi) is 5.27. The molecule has 0 amide bonds. The van der Waals surface area contributed by atoms with E-state index in [2.05, 4.69) is 49.9 Å². The Morgan fingerprint density at radius 1 is 1.33 bits per heavy atom. The van der Waals surface area contributed by atoms with Crippen LogP contribution in [0.3, 0.4) is 0 Å². The third kappa shape index (κ3) is 4.23. The SMILES string of the molecule is CCNC(=NCc1nc(-c2ccco2)n[nH]1)NCc1ccc(C)s1. The van der Waals surface area contributed by atoms with E-state index in [1.807, 2.05) is 19.1 Å². The van der Waals surface area contributed by atoms with E-state index in [-0.39, 0.29) is 0 Å². The molecule has 0 radical (unpaired) electrons. The van der Waals surface area contributed by atoms with Crippen molar-refractivity contribution in [1.29, 1.82) is 0 Å². The molecule has 0 spiro atoms. The number of thiophene rings is 1. The Hall–Kier alpha value is -2.61. The van der Waals surface area contributed by atoms with Gasteiger partial charge in [0.05, 0.1) is 12.8 Å². The summed E-state index contributed by atoms with van der Waals surface area (Å²) in [5.41, 5.74) is 0. The largest absolute Gasteiger partial charge is 0.461 e. The van der Waals surface area contributed by atoms with Crippen molar-refractivity contribution in [1.82, 2.24) is 25.8 Å². The second kappa shape index (κ2) is 7.78. The van der Waals surface area contributed by atoms with Gasteiger partial charge in [-0.2, -0.15) is 0 Å². The Morgan fingerprint density at radius 3 is 2.96 bits per heavy atom. The molecule has 0 atom stereocenters. The quantitative estimate of drug-likeness (QED) is 0.472. The van der Waals surface area contributed by atoms with Gasteiger partial charge in [0.1, 0.15) is 12.4 Å². The standard InChI is InChI=1S/C16H20N6OS/c1-3-17-16(18-9-12-7-6-11(2)24-12)19-10-14-20-15(22-21-14)13-5-4-8-23-13/h4-8H,3,9-10H2,1-2H3,(H2,17,18,19)(H,20,21,22). The monoisotopic (exact) mass is 344 g/mol. The van der Waals surface area contributed by atoms with E-state index in [9.17, 15) is 0 Å². The van der Waals surface area contributed by atoms with Crippen LogP contribution in [0.1, 0.15) is 22.5 Å². The van der Waals surface area contributed by atoms with Gasteiger partial charge in [0, 0.05) is 16.3 Å². The maximum absolute atomic E-state index is 5.28. The molecule has 7 nitrogen and oxygen atoms in total. The molecule has 0 aliphatic carbocycles. The van der Waals surface area contributed by atoms with Crippen LogP contribution in [0.5, 0.6) is 0 Å². The van der Waals surface area contributed by atoms with Crippen LogP contribution in [0, 0.1) is 6.92 Å². The maximum atomic E-state index is 5.28. The van der Waals surface area contributed by atoms with E-state index in [1.165, 1.54) is 9.75 Å². The fourth-order valence-corrected chi connectivity index (χ4v) is 2.96. The number of guanidine groups is 1. The van der Waals surface area contributed by atoms with Gasteiger partial charge >= 0.3 is 0 Å². The maximum Gasteiger partial charge on any atom is 0.216 e. The van der Waals surface area contributed by atoms with E-state index < -0.39 is 0 Å². The normalized spacial score (nSPS) is 11.7. The summed E-state index contributed by atoms with van der Waals surface area (Å²) in [4.78, 5) is 11.5. The molecule has 3 rings (SSSR count). The van der Waals surface area contributed by atoms with Crippen LogP contribution in [-0.2, 0) is 13.1 Å². The average Bonchev–Trinajstić information content (AvgIpc) is 3.31. The summed E-state index contributed by atoms with van der Waals surface area (Å²) in [6.07, 6.45) is 1.60. The third-order valence-corrected chi connectivity index (χ3v) is 4.23. The van der Waals surface area contributed by atoms with Crippen molar-refractivity contribution in [3.05, 3.63) is 46.1 Å². The van der Waals surface area contributed by atoms with E-state index in [0.717, 1.165) is 19.0 Å². The molecular formula is C16H20N6OS. The van der Waals surface area contributed by atoms with E-state index in [0.29, 0.717) is 24.0 Å². The van der Waals surface area contributed by atoms with Gasteiger partial charge in [-0.05, 0) is 38.1 Å². The number of hydrogen-bond donors (Lipinski definition) is 3. The number of rotatable bonds is 6. The van der Waals surface area contributed by atoms with Gasteiger partial charge in [-0.25, -0.2) is 9.98 Å². The first-order valence-electron chi connectivity index (χ1n) is 7.77. The van der Waals surface area contributed by atoms with Crippen LogP contribution in [0.15, 0.2) is 39.9 Å². The Morgan fingerprint density at radius 2 is 2.25 bits per heavy atom. The van der Waals surface area contributed by atoms with Crippen molar-refractivity contribution in [2.24, 2.45) is 4.99 Å². The summed E-state index contributed by atoms with van der Waals surface area (Å²) in [6.45, 7) is 6.10. The lowest BCUT2D eigenvalue weighted by Crippen LogP contribution is -2.36. The summed E-state index contributed by atoms with van der Waals surface area (Å²) in [7, 11) is 0. The molecule has 3 heterocycles. The van der Waals surface area contributed by atoms with Crippen molar-refractivity contribution >= 4 is 17.3 Å². The van der Waals surface area contributed by atoms with Crippen molar-refractivity contribution in [2.45, 2.75) is 26.9 Å². The van der Waals surface area contributed by atoms with Crippen molar-refractivity contribution in [3.63, 3.8) is 0 Å². The van der Waals surface area contributed by atoms with Gasteiger partial charge in [-0.3, -0.25) is 5.10 Å². The fraction of sp³-hybridized carbons (Fsp3) is 0.312. The van der Waals surface area contributed by atoms with Gasteiger partial charge in [0.25, 0.3) is 0 Å². The summed E-state index contributed by atoms with van der Waals surface area (Å²) in [5, 5.41) is 13.6. The van der Waals surface area contributed by atoms with Gasteiger partial charge in [-0.15, -0.1) is 16.4 Å². The molecule has 0 unspecified atom stereocenters. The molecule has 0 fully saturated rings. The van der Waals surface area contributed by atoms with Crippen molar-refractivity contribution in [3.8, 4) is 11.6 Å². The Balaban J connectivity index is 1.61. The molecule has 0 bridgehead atoms. The van der Waals surface area contributed by atoms with E-state index >= 15 is 0 Å². The van der Waals surface area contributed by atoms with Crippen LogP contribution in [-0.4, -0.2) is 27.7 Å². The minimum absolute atomic E-state index is 0.409. The van der Waals surface area contributed by atoms with Crippen molar-refractivity contribution < 1.29 is 4.42 Å². The Bertz CT molecular complexity index is 789. The highest BCUT2D eigenvalue weighted by molar-refractivity contribution is 7.11. The molecule has 24 heavy (non-hydrogen) atoms. The molecule has 126 valence electrons. The summed E-state index contributed by atoms with van der Waals surface area (Å²) < 4.78 is 5.28. The van der Waals surface area contributed by atoms with E-state index in [1.54, 1.807) is 17.6 Å². The number of aryl methyl sites for hydroxylation is 1. The summed E-state index contributed by atoms with van der Waals surface area (Å²) in [5.74, 6) is 2.61. The van der Waals surface area contributed by atoms with Gasteiger partial charge in [0.2, 0.25) is 5.82 Å². The molecule has 3 N–H and O–H groups in total. The molecule has 3 aromatic heterocycles. The second-order valence-electron chi connectivity index (χ2n) is 5.14. The number of aliphatic imine (C=N–C) groups is 1. The molecule has 0 aliphatic rings. The molecule has 0 aliphatic heterocycles. The lowest BCUT2D eigenvalue weighted by Gasteiger charge is -2.09. The topological polar surface area (TPSA) is 91.1 Å². The first-order chi connectivity index (χ1) is 11.7. The van der Waals surface area contributed by atoms with Crippen LogP contribution >= 0.6 is 11.3 Å². The fourth-order valence-electron chi connectivity index (χ4n) is 2.13. The van der Waals surface area contributed by atoms with Gasteiger partial charge in [-0.1, -0.05) is 0 Å². The van der Waals surface area contributed by atoms with Crippen LogP contribution < -0.4 is 10.6 Å². The minimum atomic E-state index is 0.409. The number of nitrogens with one attached hydrogen (secondary N) is 3. The summed E-state index contributed by atoms with van der Waals surface area (Å²) >= 11 is 1.78. The number of furan rings is 1. The highest BCUT2D eigenvalue weighted by Gasteiger charge is 2.08. The molecule has 0 saturated heterocycles. The zero-order chi connectivity index (χ0) is 16.8. The predicted molar refractivity (Wildman–Crippen MR) is 94.8 cm³/mol. The third-order valence-electron chi connectivity index (χ3n) is 3.23. The van der Waals surface area contributed by atoms with Crippen LogP contribution in [0.2, 0.25) is 0 Å². The molecule has 8 heteroatoms. The molecule has 0 saturated carbocycles. The molecule has 3 aromatic rings. The number of aromatic nitrogens is 3. The van der Waals surface area contributed by atoms with Crippen molar-refractivity contribution in [2.75, 3.05) is 6.54 Å². The lowest BCUT2D eigenvalue weighted by molar-refractivity contribution is 0.577. The predicted octanol–water partition coefficient (Wildman–Crippen LogP) is 2.69. The first-order valence-corrected chi connectivity index (χ1v) is 8.59. The zero-order valence-corrected chi connectivity index (χ0v) is 14.5. The second-order valence-corrected chi connectivity index (χ2v) is 6.52. The minimum Gasteiger partial charge on any atom is -0.461 e. The molecule has 0 aromatic carbocycles. The van der Waals surface area contributed by atoms with E-state index in [4.69, 9.17) is 4.42 Å². The Labute approximate surface area is 144 Å². The number of hydrogen-bond acceptors (Lipinski definition) is 5. The molecular weight excluding hydrogens is 324 g/mol. The van der Waals surface area contributed by atoms with Gasteiger partial charge in [0.15, 0.2) is 11.7 Å². The van der Waals surface area contributed by atoms with Crippen LogP contribution in [0.25, 0.3) is 11.6 Å². The highest BCUT2D eigenvalue weighted by Crippen LogP contribution is 2.15. The summed E-state index contributed by atoms with van der Waals surface area (Å²) in [6, 6.07) is 7.88. The number of H-pyrrole nitrogens is 1. The smallest absolute Gasteiger partial charge is 0.216 e. The van der Waals surface area contributed by atoms with Crippen LogP contribution in [0.4, 0.5) is 0 Å². The number of aromatic amines is 1. The zero-order valence-electron chi connectivity index (χ0n) is 13.7. The highest BCUT2D eigenvalue weighted by atomic mass is 32.1. The number of nitrogens with zero attached hydrogens (tertiary/aromatic N) is 3. The average molecular weight is 344 g/mol. The van der Waals surface area contributed by atoms with Gasteiger partial charge < -0.3 is 15.1 Å².